The number of aryl methyl sites for hydroxylation is 1. The number of thiophene rings is 1. The maximum absolute atomic E-state index is 6.25. The van der Waals surface area contributed by atoms with Crippen molar-refractivity contribution in [2.24, 2.45) is 5.73 Å². The van der Waals surface area contributed by atoms with Crippen molar-refractivity contribution in [2.75, 3.05) is 7.11 Å². The highest BCUT2D eigenvalue weighted by Gasteiger charge is 2.22. The van der Waals surface area contributed by atoms with Gasteiger partial charge in [0.2, 0.25) is 0 Å². The Kier molecular flexibility index (Phi) is 5.79. The summed E-state index contributed by atoms with van der Waals surface area (Å²) in [4.78, 5) is 1.23. The SMILES string of the molecule is CCC(N)C(OCc1cccc(OC)c1)c1sccc1C. The van der Waals surface area contributed by atoms with Crippen molar-refractivity contribution in [3.8, 4) is 5.75 Å². The Bertz CT molecular complexity index is 567. The average Bonchev–Trinajstić information content (AvgIpc) is 2.93. The van der Waals surface area contributed by atoms with E-state index in [1.807, 2.05) is 24.3 Å². The molecule has 2 N–H and O–H groups in total. The molecule has 4 heteroatoms. The molecule has 2 aromatic rings. The predicted octanol–water partition coefficient (Wildman–Crippen LogP) is 4.06. The molecule has 0 bridgehead atoms. The Labute approximate surface area is 130 Å². The second kappa shape index (κ2) is 7.59. The molecule has 0 aliphatic rings. The van der Waals surface area contributed by atoms with Crippen LogP contribution < -0.4 is 10.5 Å². The van der Waals surface area contributed by atoms with Gasteiger partial charge >= 0.3 is 0 Å². The molecule has 2 unspecified atom stereocenters. The Balaban J connectivity index is 2.11. The zero-order valence-corrected chi connectivity index (χ0v) is 13.7. The van der Waals surface area contributed by atoms with Gasteiger partial charge in [-0.05, 0) is 48.1 Å². The molecular weight excluding hydrogens is 282 g/mol. The number of hydrogen-bond donors (Lipinski definition) is 1. The minimum atomic E-state index is -0.0544. The lowest BCUT2D eigenvalue weighted by atomic mass is 10.1. The summed E-state index contributed by atoms with van der Waals surface area (Å²) in [6, 6.07) is 10.1. The summed E-state index contributed by atoms with van der Waals surface area (Å²) in [5.74, 6) is 0.847. The van der Waals surface area contributed by atoms with Gasteiger partial charge in [0.25, 0.3) is 0 Å². The highest BCUT2D eigenvalue weighted by Crippen LogP contribution is 2.31. The third kappa shape index (κ3) is 4.06. The number of nitrogens with two attached hydrogens (primary N) is 1. The molecule has 0 fully saturated rings. The first-order valence-electron chi connectivity index (χ1n) is 7.19. The molecule has 0 saturated carbocycles. The third-order valence-corrected chi connectivity index (χ3v) is 4.66. The summed E-state index contributed by atoms with van der Waals surface area (Å²) in [7, 11) is 1.67. The lowest BCUT2D eigenvalue weighted by Gasteiger charge is -2.23. The van der Waals surface area contributed by atoms with Crippen LogP contribution in [0.4, 0.5) is 0 Å². The molecule has 21 heavy (non-hydrogen) atoms. The van der Waals surface area contributed by atoms with Crippen LogP contribution in [0.2, 0.25) is 0 Å². The van der Waals surface area contributed by atoms with E-state index in [4.69, 9.17) is 15.2 Å². The van der Waals surface area contributed by atoms with Crippen LogP contribution in [0.1, 0.15) is 35.5 Å². The summed E-state index contributed by atoms with van der Waals surface area (Å²) >= 11 is 1.71. The molecule has 1 aromatic carbocycles. The van der Waals surface area contributed by atoms with Crippen molar-refractivity contribution in [2.45, 2.75) is 39.0 Å². The molecule has 1 heterocycles. The van der Waals surface area contributed by atoms with Crippen LogP contribution in [0.3, 0.4) is 0 Å². The van der Waals surface area contributed by atoms with Crippen LogP contribution >= 0.6 is 11.3 Å². The molecule has 114 valence electrons. The highest BCUT2D eigenvalue weighted by atomic mass is 32.1. The molecule has 0 aliphatic carbocycles. The molecule has 2 atom stereocenters. The van der Waals surface area contributed by atoms with Gasteiger partial charge in [0.15, 0.2) is 0 Å². The zero-order valence-electron chi connectivity index (χ0n) is 12.8. The quantitative estimate of drug-likeness (QED) is 0.839. The molecule has 0 spiro atoms. The van der Waals surface area contributed by atoms with Crippen molar-refractivity contribution in [3.05, 3.63) is 51.7 Å². The van der Waals surface area contributed by atoms with Crippen LogP contribution in [0, 0.1) is 6.92 Å². The van der Waals surface area contributed by atoms with Gasteiger partial charge in [-0.3, -0.25) is 0 Å². The van der Waals surface area contributed by atoms with Crippen molar-refractivity contribution in [1.82, 2.24) is 0 Å². The van der Waals surface area contributed by atoms with E-state index in [0.29, 0.717) is 6.61 Å². The first-order chi connectivity index (χ1) is 10.2. The Morgan fingerprint density at radius 1 is 1.29 bits per heavy atom. The van der Waals surface area contributed by atoms with Gasteiger partial charge in [-0.1, -0.05) is 19.1 Å². The van der Waals surface area contributed by atoms with E-state index in [1.54, 1.807) is 18.4 Å². The number of hydrogen-bond acceptors (Lipinski definition) is 4. The Morgan fingerprint density at radius 3 is 2.71 bits per heavy atom. The smallest absolute Gasteiger partial charge is 0.119 e. The van der Waals surface area contributed by atoms with Crippen LogP contribution in [0.15, 0.2) is 35.7 Å². The average molecular weight is 305 g/mol. The fourth-order valence-corrected chi connectivity index (χ4v) is 3.28. The lowest BCUT2D eigenvalue weighted by molar-refractivity contribution is 0.0232. The second-order valence-corrected chi connectivity index (χ2v) is 6.07. The van der Waals surface area contributed by atoms with E-state index in [9.17, 15) is 0 Å². The fraction of sp³-hybridized carbons (Fsp3) is 0.412. The highest BCUT2D eigenvalue weighted by molar-refractivity contribution is 7.10. The molecular formula is C17H23NO2S. The van der Waals surface area contributed by atoms with E-state index in [1.165, 1.54) is 10.4 Å². The van der Waals surface area contributed by atoms with E-state index >= 15 is 0 Å². The topological polar surface area (TPSA) is 44.5 Å². The third-order valence-electron chi connectivity index (χ3n) is 3.58. The maximum Gasteiger partial charge on any atom is 0.119 e. The number of ether oxygens (including phenoxy) is 2. The van der Waals surface area contributed by atoms with Gasteiger partial charge in [-0.25, -0.2) is 0 Å². The van der Waals surface area contributed by atoms with E-state index in [-0.39, 0.29) is 12.1 Å². The number of methoxy groups -OCH3 is 1. The van der Waals surface area contributed by atoms with Crippen LogP contribution in [-0.4, -0.2) is 13.2 Å². The van der Waals surface area contributed by atoms with Gasteiger partial charge in [-0.2, -0.15) is 0 Å². The summed E-state index contributed by atoms with van der Waals surface area (Å²) in [6.07, 6.45) is 0.835. The molecule has 1 aromatic heterocycles. The Morgan fingerprint density at radius 2 is 2.10 bits per heavy atom. The van der Waals surface area contributed by atoms with Crippen molar-refractivity contribution < 1.29 is 9.47 Å². The summed E-state index contributed by atoms with van der Waals surface area (Å²) in [5, 5.41) is 2.09. The normalized spacial score (nSPS) is 13.9. The predicted molar refractivity (Wildman–Crippen MR) is 87.8 cm³/mol. The fourth-order valence-electron chi connectivity index (χ4n) is 2.23. The second-order valence-electron chi connectivity index (χ2n) is 5.12. The molecule has 0 radical (unpaired) electrons. The zero-order chi connectivity index (χ0) is 15.2. The van der Waals surface area contributed by atoms with Crippen LogP contribution in [0.5, 0.6) is 5.75 Å². The van der Waals surface area contributed by atoms with Crippen molar-refractivity contribution in [3.63, 3.8) is 0 Å². The number of benzene rings is 1. The van der Waals surface area contributed by atoms with Gasteiger partial charge in [0.05, 0.1) is 13.7 Å². The van der Waals surface area contributed by atoms with E-state index in [0.717, 1.165) is 17.7 Å². The van der Waals surface area contributed by atoms with Gasteiger partial charge in [0.1, 0.15) is 11.9 Å². The first kappa shape index (κ1) is 16.0. The molecule has 2 rings (SSSR count). The monoisotopic (exact) mass is 305 g/mol. The summed E-state index contributed by atoms with van der Waals surface area (Å²) in [5.41, 5.74) is 8.60. The standard InChI is InChI=1S/C17H23NO2S/c1-4-15(18)16(17-12(2)8-9-21-17)20-11-13-6-5-7-14(10-13)19-3/h5-10,15-16H,4,11,18H2,1-3H3. The number of rotatable bonds is 7. The van der Waals surface area contributed by atoms with E-state index < -0.39 is 0 Å². The Hall–Kier alpha value is -1.36. The van der Waals surface area contributed by atoms with Crippen LogP contribution in [0.25, 0.3) is 0 Å². The molecule has 3 nitrogen and oxygen atoms in total. The van der Waals surface area contributed by atoms with Crippen molar-refractivity contribution >= 4 is 11.3 Å². The molecule has 0 aliphatic heterocycles. The van der Waals surface area contributed by atoms with Gasteiger partial charge in [0, 0.05) is 10.9 Å². The van der Waals surface area contributed by atoms with Gasteiger partial charge in [-0.15, -0.1) is 11.3 Å². The lowest BCUT2D eigenvalue weighted by Crippen LogP contribution is -2.29. The van der Waals surface area contributed by atoms with Gasteiger partial charge < -0.3 is 15.2 Å². The largest absolute Gasteiger partial charge is 0.497 e. The van der Waals surface area contributed by atoms with Crippen molar-refractivity contribution in [1.29, 1.82) is 0 Å². The minimum absolute atomic E-state index is 0.00737. The molecule has 0 amide bonds. The minimum Gasteiger partial charge on any atom is -0.497 e. The summed E-state index contributed by atoms with van der Waals surface area (Å²) < 4.78 is 11.4. The van der Waals surface area contributed by atoms with Crippen LogP contribution in [-0.2, 0) is 11.3 Å². The van der Waals surface area contributed by atoms with E-state index in [2.05, 4.69) is 25.3 Å². The molecule has 0 saturated heterocycles. The maximum atomic E-state index is 6.25. The summed E-state index contributed by atoms with van der Waals surface area (Å²) in [6.45, 7) is 4.73. The first-order valence-corrected chi connectivity index (χ1v) is 8.07.